The van der Waals surface area contributed by atoms with E-state index in [4.69, 9.17) is 30.6 Å². The summed E-state index contributed by atoms with van der Waals surface area (Å²) >= 11 is 0. The molecular formula is C24H51N7O3Si. The maximum atomic E-state index is 6.23. The molecule has 0 aliphatic carbocycles. The van der Waals surface area contributed by atoms with Crippen LogP contribution in [0, 0.1) is 0 Å². The third-order valence-corrected chi connectivity index (χ3v) is 8.92. The number of anilines is 2. The summed E-state index contributed by atoms with van der Waals surface area (Å²) in [4.78, 5) is 13.1. The average Bonchev–Trinajstić information content (AvgIpc) is 2.82. The van der Waals surface area contributed by atoms with Crippen LogP contribution in [-0.4, -0.2) is 56.7 Å². The van der Waals surface area contributed by atoms with Gasteiger partial charge in [-0.05, 0) is 46.6 Å². The molecule has 1 aromatic rings. The van der Waals surface area contributed by atoms with Crippen LogP contribution in [-0.2, 0) is 19.7 Å². The molecule has 204 valence electrons. The van der Waals surface area contributed by atoms with Gasteiger partial charge >= 0.3 is 8.80 Å². The van der Waals surface area contributed by atoms with Crippen LogP contribution in [0.3, 0.4) is 0 Å². The van der Waals surface area contributed by atoms with E-state index >= 15 is 0 Å². The summed E-state index contributed by atoms with van der Waals surface area (Å²) in [5, 5.41) is 1.58. The topological polar surface area (TPSA) is 148 Å². The van der Waals surface area contributed by atoms with E-state index < -0.39 is 8.80 Å². The Morgan fingerprint density at radius 2 is 1.23 bits per heavy atom. The lowest BCUT2D eigenvalue weighted by Gasteiger charge is -2.28. The van der Waals surface area contributed by atoms with Crippen molar-refractivity contribution in [3.63, 3.8) is 0 Å². The van der Waals surface area contributed by atoms with Crippen molar-refractivity contribution in [2.24, 2.45) is 11.6 Å². The lowest BCUT2D eigenvalue weighted by Crippen LogP contribution is -2.46. The number of aromatic nitrogens is 3. The second-order valence-electron chi connectivity index (χ2n) is 8.76. The molecule has 0 amide bonds. The van der Waals surface area contributed by atoms with Gasteiger partial charge in [0.05, 0.1) is 0 Å². The fourth-order valence-electron chi connectivity index (χ4n) is 4.07. The number of aryl methyl sites for hydroxylation is 1. The molecule has 0 saturated heterocycles. The number of nitrogens with zero attached hydrogens (tertiary/aromatic N) is 4. The van der Waals surface area contributed by atoms with Crippen molar-refractivity contribution in [3.05, 3.63) is 5.82 Å². The smallest absolute Gasteiger partial charge is 0.374 e. The van der Waals surface area contributed by atoms with Crippen LogP contribution < -0.4 is 22.3 Å². The van der Waals surface area contributed by atoms with Crippen molar-refractivity contribution >= 4 is 20.7 Å². The van der Waals surface area contributed by atoms with Crippen molar-refractivity contribution in [2.75, 3.05) is 43.7 Å². The van der Waals surface area contributed by atoms with Gasteiger partial charge in [-0.1, -0.05) is 51.4 Å². The average molecular weight is 514 g/mol. The monoisotopic (exact) mass is 513 g/mol. The van der Waals surface area contributed by atoms with Crippen molar-refractivity contribution in [1.29, 1.82) is 0 Å². The van der Waals surface area contributed by atoms with Crippen LogP contribution in [0.25, 0.3) is 0 Å². The van der Waals surface area contributed by atoms with Gasteiger partial charge in [-0.25, -0.2) is 5.84 Å². The number of hydrogen-bond donors (Lipinski definition) is 3. The summed E-state index contributed by atoms with van der Waals surface area (Å²) in [6, 6.07) is 0.698. The number of nitrogens with two attached hydrogens (primary N) is 3. The molecule has 1 rings (SSSR count). The molecule has 0 fully saturated rings. The molecule has 0 spiro atoms. The second-order valence-corrected chi connectivity index (χ2v) is 11.5. The zero-order chi connectivity index (χ0) is 25.8. The van der Waals surface area contributed by atoms with Gasteiger partial charge in [0.15, 0.2) is 0 Å². The Bertz CT molecular complexity index is 641. The number of rotatable bonds is 23. The molecule has 0 bridgehead atoms. The Balaban J connectivity index is 2.40. The van der Waals surface area contributed by atoms with E-state index in [1.54, 1.807) is 5.01 Å². The normalized spacial score (nSPS) is 11.8. The van der Waals surface area contributed by atoms with Gasteiger partial charge in [0.1, 0.15) is 5.82 Å². The maximum Gasteiger partial charge on any atom is 0.500 e. The molecule has 10 nitrogen and oxygen atoms in total. The highest BCUT2D eigenvalue weighted by Gasteiger charge is 2.39. The molecule has 0 radical (unpaired) electrons. The van der Waals surface area contributed by atoms with Crippen molar-refractivity contribution in [2.45, 2.75) is 104 Å². The largest absolute Gasteiger partial charge is 0.500 e. The number of unbranched alkanes of at least 4 members (excludes halogenated alkanes) is 9. The van der Waals surface area contributed by atoms with Crippen LogP contribution in [0.1, 0.15) is 97.2 Å². The van der Waals surface area contributed by atoms with Gasteiger partial charge in [0.25, 0.3) is 0 Å². The summed E-state index contributed by atoms with van der Waals surface area (Å²) in [5.41, 5.74) is 11.5. The van der Waals surface area contributed by atoms with Crippen LogP contribution in [0.5, 0.6) is 0 Å². The molecular weight excluding hydrogens is 462 g/mol. The lowest BCUT2D eigenvalue weighted by atomic mass is 10.1. The highest BCUT2D eigenvalue weighted by Crippen LogP contribution is 2.20. The van der Waals surface area contributed by atoms with Gasteiger partial charge < -0.3 is 24.7 Å². The third kappa shape index (κ3) is 14.1. The summed E-state index contributed by atoms with van der Waals surface area (Å²) < 4.78 is 17.8. The minimum atomic E-state index is -2.68. The van der Waals surface area contributed by atoms with E-state index in [1.165, 1.54) is 44.9 Å². The van der Waals surface area contributed by atoms with Crippen molar-refractivity contribution in [3.8, 4) is 0 Å². The Hall–Kier alpha value is -1.37. The predicted octanol–water partition coefficient (Wildman–Crippen LogP) is 3.97. The molecule has 0 atom stereocenters. The standard InChI is InChI=1S/C24H51N7O3Si/c1-4-32-35(33-5-2,34-6-3)21-17-18-22-28-23(26)30-24(29-22)31(27)20-16-14-12-10-8-7-9-11-13-15-19-25/h4-21,25,27H2,1-3H3,(H2,26,28,29,30). The quantitative estimate of drug-likeness (QED) is 0.0849. The predicted molar refractivity (Wildman–Crippen MR) is 145 cm³/mol. The van der Waals surface area contributed by atoms with E-state index in [2.05, 4.69) is 15.0 Å². The van der Waals surface area contributed by atoms with E-state index in [1.807, 2.05) is 20.8 Å². The summed E-state index contributed by atoms with van der Waals surface area (Å²) in [7, 11) is -2.68. The third-order valence-electron chi connectivity index (χ3n) is 5.77. The number of nitrogen functional groups attached to an aromatic ring is 1. The van der Waals surface area contributed by atoms with Gasteiger partial charge in [0, 0.05) is 38.8 Å². The SMILES string of the molecule is CCO[Si](CCCc1nc(N)nc(N(N)CCCCCCCCCCCCN)n1)(OCC)OCC. The molecule has 11 heteroatoms. The first-order valence-corrected chi connectivity index (χ1v) is 15.6. The Labute approximate surface area is 214 Å². The molecule has 0 unspecified atom stereocenters. The van der Waals surface area contributed by atoms with Gasteiger partial charge in [0.2, 0.25) is 11.9 Å². The molecule has 0 aliphatic heterocycles. The van der Waals surface area contributed by atoms with Gasteiger partial charge in [-0.3, -0.25) is 5.01 Å². The first-order valence-electron chi connectivity index (χ1n) is 13.6. The molecule has 6 N–H and O–H groups in total. The van der Waals surface area contributed by atoms with Crippen LogP contribution in [0.15, 0.2) is 0 Å². The van der Waals surface area contributed by atoms with Crippen LogP contribution in [0.2, 0.25) is 6.04 Å². The van der Waals surface area contributed by atoms with E-state index in [0.29, 0.717) is 50.6 Å². The summed E-state index contributed by atoms with van der Waals surface area (Å²) in [5.74, 6) is 7.47. The fourth-order valence-corrected chi connectivity index (χ4v) is 6.68. The summed E-state index contributed by atoms with van der Waals surface area (Å²) in [6.07, 6.45) is 13.7. The highest BCUT2D eigenvalue weighted by atomic mass is 28.4. The Morgan fingerprint density at radius 3 is 1.74 bits per heavy atom. The zero-order valence-corrected chi connectivity index (χ0v) is 23.5. The van der Waals surface area contributed by atoms with Crippen molar-refractivity contribution in [1.82, 2.24) is 15.0 Å². The second kappa shape index (κ2) is 19.8. The van der Waals surface area contributed by atoms with Crippen molar-refractivity contribution < 1.29 is 13.3 Å². The molecule has 1 heterocycles. The molecule has 1 aromatic heterocycles. The van der Waals surface area contributed by atoms with Gasteiger partial charge in [-0.15, -0.1) is 0 Å². The lowest BCUT2D eigenvalue weighted by molar-refractivity contribution is 0.0708. The van der Waals surface area contributed by atoms with Crippen LogP contribution in [0.4, 0.5) is 11.9 Å². The molecule has 0 saturated carbocycles. The number of hydrogen-bond acceptors (Lipinski definition) is 10. The van der Waals surface area contributed by atoms with Crippen LogP contribution >= 0.6 is 0 Å². The highest BCUT2D eigenvalue weighted by molar-refractivity contribution is 6.60. The zero-order valence-electron chi connectivity index (χ0n) is 22.5. The minimum absolute atomic E-state index is 0.190. The summed E-state index contributed by atoms with van der Waals surface area (Å²) in [6.45, 7) is 9.07. The van der Waals surface area contributed by atoms with E-state index in [0.717, 1.165) is 32.2 Å². The molecule has 0 aromatic carbocycles. The van der Waals surface area contributed by atoms with Gasteiger partial charge in [-0.2, -0.15) is 15.0 Å². The Morgan fingerprint density at radius 1 is 0.714 bits per heavy atom. The molecule has 35 heavy (non-hydrogen) atoms. The van der Waals surface area contributed by atoms with E-state index in [-0.39, 0.29) is 5.95 Å². The minimum Gasteiger partial charge on any atom is -0.374 e. The molecule has 0 aliphatic rings. The van der Waals surface area contributed by atoms with E-state index in [9.17, 15) is 0 Å². The number of hydrazine groups is 1. The first-order chi connectivity index (χ1) is 17.0. The maximum absolute atomic E-state index is 6.23. The first kappa shape index (κ1) is 31.7. The Kier molecular flexibility index (Phi) is 17.9. The fraction of sp³-hybridized carbons (Fsp3) is 0.875.